The molecular formula is C29H35N3O. The van der Waals surface area contributed by atoms with Crippen molar-refractivity contribution >= 4 is 11.7 Å². The SMILES string of the molecule is CC(C)c1ccc2c(c1)CC[C@H]1[C@@](C)(C(=O)Nc3ccnn3-c3ccccc3)CCC[C@]21C. The van der Waals surface area contributed by atoms with E-state index in [1.165, 1.54) is 16.7 Å². The van der Waals surface area contributed by atoms with Crippen molar-refractivity contribution in [3.05, 3.63) is 77.5 Å². The van der Waals surface area contributed by atoms with E-state index in [-0.39, 0.29) is 11.3 Å². The highest BCUT2D eigenvalue weighted by Gasteiger charge is 2.55. The predicted octanol–water partition coefficient (Wildman–Crippen LogP) is 6.64. The first-order valence-electron chi connectivity index (χ1n) is 12.4. The third-order valence-corrected chi connectivity index (χ3v) is 8.45. The zero-order chi connectivity index (χ0) is 23.2. The largest absolute Gasteiger partial charge is 0.310 e. The van der Waals surface area contributed by atoms with E-state index in [9.17, 15) is 4.79 Å². The lowest BCUT2D eigenvalue weighted by molar-refractivity contribution is -0.133. The average molecular weight is 442 g/mol. The number of para-hydroxylation sites is 1. The maximum Gasteiger partial charge on any atom is 0.231 e. The molecule has 1 heterocycles. The van der Waals surface area contributed by atoms with Crippen LogP contribution in [0.2, 0.25) is 0 Å². The van der Waals surface area contributed by atoms with Gasteiger partial charge in [-0.25, -0.2) is 4.68 Å². The monoisotopic (exact) mass is 441 g/mol. The summed E-state index contributed by atoms with van der Waals surface area (Å²) in [5.74, 6) is 1.72. The van der Waals surface area contributed by atoms with Crippen LogP contribution in [0.4, 0.5) is 5.82 Å². The Balaban J connectivity index is 1.45. The summed E-state index contributed by atoms with van der Waals surface area (Å²) in [5, 5.41) is 7.72. The summed E-state index contributed by atoms with van der Waals surface area (Å²) >= 11 is 0. The number of nitrogens with one attached hydrogen (secondary N) is 1. The number of fused-ring (bicyclic) bond motifs is 3. The van der Waals surface area contributed by atoms with E-state index in [1.807, 2.05) is 41.1 Å². The first-order valence-corrected chi connectivity index (χ1v) is 12.4. The van der Waals surface area contributed by atoms with Crippen molar-refractivity contribution in [2.24, 2.45) is 11.3 Å². The molecule has 1 fully saturated rings. The molecular weight excluding hydrogens is 406 g/mol. The Labute approximate surface area is 197 Å². The van der Waals surface area contributed by atoms with E-state index in [0.29, 0.717) is 11.8 Å². The zero-order valence-corrected chi connectivity index (χ0v) is 20.3. The fraction of sp³-hybridized carbons (Fsp3) is 0.448. The second kappa shape index (κ2) is 8.16. The summed E-state index contributed by atoms with van der Waals surface area (Å²) in [5.41, 5.74) is 4.95. The van der Waals surface area contributed by atoms with Gasteiger partial charge in [-0.1, -0.05) is 70.5 Å². The van der Waals surface area contributed by atoms with Crippen molar-refractivity contribution in [3.8, 4) is 5.69 Å². The molecule has 2 aliphatic rings. The van der Waals surface area contributed by atoms with Gasteiger partial charge in [-0.3, -0.25) is 4.79 Å². The normalized spacial score (nSPS) is 26.5. The van der Waals surface area contributed by atoms with Crippen LogP contribution in [-0.4, -0.2) is 15.7 Å². The first-order chi connectivity index (χ1) is 15.8. The molecule has 1 N–H and O–H groups in total. The number of carbonyl (C=O) groups excluding carboxylic acids is 1. The smallest absolute Gasteiger partial charge is 0.231 e. The minimum atomic E-state index is -0.410. The van der Waals surface area contributed by atoms with E-state index in [0.717, 1.165) is 43.6 Å². The number of hydrogen-bond acceptors (Lipinski definition) is 2. The van der Waals surface area contributed by atoms with E-state index >= 15 is 0 Å². The Morgan fingerprint density at radius 1 is 1.09 bits per heavy atom. The van der Waals surface area contributed by atoms with Gasteiger partial charge in [0.1, 0.15) is 5.82 Å². The summed E-state index contributed by atoms with van der Waals surface area (Å²) in [4.78, 5) is 13.9. The minimum absolute atomic E-state index is 0.0348. The summed E-state index contributed by atoms with van der Waals surface area (Å²) in [6, 6.07) is 19.0. The number of aryl methyl sites for hydroxylation is 1. The van der Waals surface area contributed by atoms with Gasteiger partial charge in [0, 0.05) is 6.07 Å². The number of aromatic nitrogens is 2. The van der Waals surface area contributed by atoms with Gasteiger partial charge in [-0.15, -0.1) is 0 Å². The molecule has 4 nitrogen and oxygen atoms in total. The number of carbonyl (C=O) groups is 1. The van der Waals surface area contributed by atoms with E-state index in [2.05, 4.69) is 56.3 Å². The van der Waals surface area contributed by atoms with Crippen molar-refractivity contribution in [1.82, 2.24) is 9.78 Å². The Kier molecular flexibility index (Phi) is 5.43. The first kappa shape index (κ1) is 21.9. The van der Waals surface area contributed by atoms with Crippen LogP contribution in [0.15, 0.2) is 60.8 Å². The van der Waals surface area contributed by atoms with Gasteiger partial charge in [0.05, 0.1) is 17.3 Å². The van der Waals surface area contributed by atoms with Crippen molar-refractivity contribution in [2.45, 2.75) is 71.1 Å². The summed E-state index contributed by atoms with van der Waals surface area (Å²) in [6.07, 6.45) is 7.02. The Hall–Kier alpha value is -2.88. The van der Waals surface area contributed by atoms with Crippen LogP contribution in [0.1, 0.15) is 76.0 Å². The van der Waals surface area contributed by atoms with Crippen LogP contribution >= 0.6 is 0 Å². The molecule has 2 aliphatic carbocycles. The van der Waals surface area contributed by atoms with Crippen LogP contribution in [0.3, 0.4) is 0 Å². The molecule has 1 saturated carbocycles. The highest BCUT2D eigenvalue weighted by atomic mass is 16.2. The van der Waals surface area contributed by atoms with Gasteiger partial charge >= 0.3 is 0 Å². The van der Waals surface area contributed by atoms with Crippen LogP contribution in [0.5, 0.6) is 0 Å². The predicted molar refractivity (Wildman–Crippen MR) is 134 cm³/mol. The molecule has 4 heteroatoms. The van der Waals surface area contributed by atoms with Gasteiger partial charge in [0.15, 0.2) is 0 Å². The molecule has 2 aromatic carbocycles. The average Bonchev–Trinajstić information content (AvgIpc) is 3.27. The number of amides is 1. The quantitative estimate of drug-likeness (QED) is 0.493. The molecule has 0 spiro atoms. The molecule has 0 bridgehead atoms. The molecule has 5 rings (SSSR count). The lowest BCUT2D eigenvalue weighted by atomic mass is 9.49. The Morgan fingerprint density at radius 3 is 2.64 bits per heavy atom. The molecule has 0 radical (unpaired) electrons. The molecule has 0 unspecified atom stereocenters. The molecule has 0 aliphatic heterocycles. The van der Waals surface area contributed by atoms with Gasteiger partial charge in [0.2, 0.25) is 5.91 Å². The maximum absolute atomic E-state index is 13.9. The molecule has 172 valence electrons. The van der Waals surface area contributed by atoms with E-state index < -0.39 is 5.41 Å². The Morgan fingerprint density at radius 2 is 1.88 bits per heavy atom. The second-order valence-electron chi connectivity index (χ2n) is 10.8. The summed E-state index contributed by atoms with van der Waals surface area (Å²) in [7, 11) is 0. The van der Waals surface area contributed by atoms with Gasteiger partial charge in [-0.05, 0) is 71.8 Å². The van der Waals surface area contributed by atoms with Crippen LogP contribution in [-0.2, 0) is 16.6 Å². The number of rotatable bonds is 4. The lowest BCUT2D eigenvalue weighted by Gasteiger charge is -2.54. The maximum atomic E-state index is 13.9. The van der Waals surface area contributed by atoms with E-state index in [1.54, 1.807) is 6.20 Å². The van der Waals surface area contributed by atoms with Crippen molar-refractivity contribution in [3.63, 3.8) is 0 Å². The summed E-state index contributed by atoms with van der Waals surface area (Å²) in [6.45, 7) is 9.12. The highest BCUT2D eigenvalue weighted by molar-refractivity contribution is 5.95. The molecule has 1 aromatic heterocycles. The third-order valence-electron chi connectivity index (χ3n) is 8.45. The fourth-order valence-electron chi connectivity index (χ4n) is 6.57. The summed E-state index contributed by atoms with van der Waals surface area (Å²) < 4.78 is 1.81. The van der Waals surface area contributed by atoms with Crippen molar-refractivity contribution in [1.29, 1.82) is 0 Å². The number of benzene rings is 2. The molecule has 0 saturated heterocycles. The topological polar surface area (TPSA) is 46.9 Å². The number of hydrogen-bond donors (Lipinski definition) is 1. The fourth-order valence-corrected chi connectivity index (χ4v) is 6.57. The molecule has 33 heavy (non-hydrogen) atoms. The van der Waals surface area contributed by atoms with Crippen molar-refractivity contribution in [2.75, 3.05) is 5.32 Å². The van der Waals surface area contributed by atoms with Crippen LogP contribution in [0, 0.1) is 11.3 Å². The Bertz CT molecular complexity index is 1160. The van der Waals surface area contributed by atoms with Crippen LogP contribution < -0.4 is 5.32 Å². The number of anilines is 1. The van der Waals surface area contributed by atoms with Gasteiger partial charge in [-0.2, -0.15) is 5.10 Å². The zero-order valence-electron chi connectivity index (χ0n) is 20.3. The third kappa shape index (κ3) is 3.60. The van der Waals surface area contributed by atoms with Gasteiger partial charge < -0.3 is 5.32 Å². The standard InChI is InChI=1S/C29H35N3O/c1-20(2)21-11-13-24-22(19-21)12-14-25-28(24,3)16-8-17-29(25,4)27(33)31-26-15-18-30-32(26)23-9-6-5-7-10-23/h5-7,9-11,13,15,18-20,25H,8,12,14,16-17H2,1-4H3,(H,31,33)/t25-,28-,29+/m1/s1. The molecule has 1 amide bonds. The van der Waals surface area contributed by atoms with Crippen LogP contribution in [0.25, 0.3) is 5.69 Å². The van der Waals surface area contributed by atoms with E-state index in [4.69, 9.17) is 0 Å². The second-order valence-corrected chi connectivity index (χ2v) is 10.8. The lowest BCUT2D eigenvalue weighted by Crippen LogP contribution is -2.54. The van der Waals surface area contributed by atoms with Gasteiger partial charge in [0.25, 0.3) is 0 Å². The molecule has 3 atom stereocenters. The van der Waals surface area contributed by atoms with Crippen molar-refractivity contribution < 1.29 is 4.79 Å². The highest BCUT2D eigenvalue weighted by Crippen LogP contribution is 2.57. The minimum Gasteiger partial charge on any atom is -0.310 e. The number of nitrogens with zero attached hydrogens (tertiary/aromatic N) is 2. The molecule has 3 aromatic rings.